The molecule has 1 fully saturated rings. The van der Waals surface area contributed by atoms with Gasteiger partial charge in [-0.3, -0.25) is 0 Å². The number of rotatable bonds is 3. The van der Waals surface area contributed by atoms with Crippen molar-refractivity contribution in [3.63, 3.8) is 0 Å². The summed E-state index contributed by atoms with van der Waals surface area (Å²) in [5, 5.41) is 3.70. The van der Waals surface area contributed by atoms with Crippen molar-refractivity contribution in [3.8, 4) is 0 Å². The Morgan fingerprint density at radius 2 is 1.59 bits per heavy atom. The van der Waals surface area contributed by atoms with Crippen molar-refractivity contribution in [1.29, 1.82) is 0 Å². The third-order valence-electron chi connectivity index (χ3n) is 5.10. The van der Waals surface area contributed by atoms with Gasteiger partial charge in [-0.05, 0) is 41.4 Å². The Balaban J connectivity index is 1.98. The van der Waals surface area contributed by atoms with E-state index in [0.717, 1.165) is 6.54 Å². The monoisotopic (exact) mass is 231 g/mol. The minimum absolute atomic E-state index is 0.423. The second kappa shape index (κ2) is 3.84. The van der Waals surface area contributed by atoms with E-state index in [4.69, 9.17) is 0 Å². The van der Waals surface area contributed by atoms with E-state index in [1.54, 1.807) is 0 Å². The Bertz CT molecular complexity index is 415. The van der Waals surface area contributed by atoms with Gasteiger partial charge in [0.2, 0.25) is 0 Å². The van der Waals surface area contributed by atoms with Crippen molar-refractivity contribution in [2.24, 2.45) is 10.8 Å². The van der Waals surface area contributed by atoms with Crippen LogP contribution in [0.5, 0.6) is 0 Å². The quantitative estimate of drug-likeness (QED) is 0.833. The average molecular weight is 231 g/mol. The molecule has 0 saturated heterocycles. The van der Waals surface area contributed by atoms with Gasteiger partial charge in [0.1, 0.15) is 0 Å². The fourth-order valence-corrected chi connectivity index (χ4v) is 2.84. The highest BCUT2D eigenvalue weighted by Gasteiger charge is 2.64. The number of benzene rings is 1. The van der Waals surface area contributed by atoms with Gasteiger partial charge in [0, 0.05) is 12.6 Å². The van der Waals surface area contributed by atoms with E-state index in [2.05, 4.69) is 65.1 Å². The van der Waals surface area contributed by atoms with Crippen LogP contribution in [0.15, 0.2) is 18.2 Å². The Labute approximate surface area is 106 Å². The zero-order chi connectivity index (χ0) is 12.8. The minimum Gasteiger partial charge on any atom is -0.309 e. The molecule has 0 unspecified atom stereocenters. The molecule has 1 saturated carbocycles. The molecule has 1 aliphatic carbocycles. The van der Waals surface area contributed by atoms with Gasteiger partial charge in [0.15, 0.2) is 0 Å². The molecule has 0 amide bonds. The topological polar surface area (TPSA) is 12.0 Å². The highest BCUT2D eigenvalue weighted by molar-refractivity contribution is 5.30. The van der Waals surface area contributed by atoms with Gasteiger partial charge < -0.3 is 5.32 Å². The second-order valence-electron chi connectivity index (χ2n) is 6.68. The molecule has 0 heterocycles. The molecule has 1 N–H and O–H groups in total. The maximum absolute atomic E-state index is 3.70. The molecular formula is C16H25N. The highest BCUT2D eigenvalue weighted by atomic mass is 15.0. The SMILES string of the molecule is Cc1ccc(CNC2C(C)(C)C2(C)C)cc1C. The van der Waals surface area contributed by atoms with Crippen LogP contribution in [0.25, 0.3) is 0 Å². The molecule has 0 spiro atoms. The molecule has 0 aromatic heterocycles. The van der Waals surface area contributed by atoms with Crippen LogP contribution in [0.2, 0.25) is 0 Å². The standard InChI is InChI=1S/C16H25N/c1-11-7-8-13(9-12(11)2)10-17-14-15(3,4)16(14,5)6/h7-9,14,17H,10H2,1-6H3. The van der Waals surface area contributed by atoms with E-state index >= 15 is 0 Å². The number of hydrogen-bond acceptors (Lipinski definition) is 1. The van der Waals surface area contributed by atoms with Crippen LogP contribution in [-0.2, 0) is 6.54 Å². The molecule has 1 aromatic carbocycles. The van der Waals surface area contributed by atoms with E-state index in [0.29, 0.717) is 16.9 Å². The maximum atomic E-state index is 3.70. The average Bonchev–Trinajstić information content (AvgIpc) is 2.61. The predicted octanol–water partition coefficient (Wildman–Crippen LogP) is 3.83. The molecule has 94 valence electrons. The van der Waals surface area contributed by atoms with Crippen LogP contribution in [0, 0.1) is 24.7 Å². The highest BCUT2D eigenvalue weighted by Crippen LogP contribution is 2.62. The van der Waals surface area contributed by atoms with Gasteiger partial charge in [-0.25, -0.2) is 0 Å². The smallest absolute Gasteiger partial charge is 0.0208 e. The van der Waals surface area contributed by atoms with Crippen LogP contribution in [0.4, 0.5) is 0 Å². The van der Waals surface area contributed by atoms with E-state index in [1.165, 1.54) is 16.7 Å². The van der Waals surface area contributed by atoms with Crippen molar-refractivity contribution in [1.82, 2.24) is 5.32 Å². The molecule has 0 atom stereocenters. The van der Waals surface area contributed by atoms with Crippen LogP contribution in [0.3, 0.4) is 0 Å². The Hall–Kier alpha value is -0.820. The molecule has 1 aliphatic rings. The summed E-state index contributed by atoms with van der Waals surface area (Å²) >= 11 is 0. The molecule has 1 heteroatoms. The molecule has 1 aromatic rings. The minimum atomic E-state index is 0.423. The predicted molar refractivity (Wildman–Crippen MR) is 74.1 cm³/mol. The Morgan fingerprint density at radius 3 is 2.06 bits per heavy atom. The number of hydrogen-bond donors (Lipinski definition) is 1. The molecule has 0 radical (unpaired) electrons. The third kappa shape index (κ3) is 2.01. The van der Waals surface area contributed by atoms with Crippen molar-refractivity contribution in [2.45, 2.75) is 54.1 Å². The first-order valence-corrected chi connectivity index (χ1v) is 6.56. The van der Waals surface area contributed by atoms with Crippen molar-refractivity contribution < 1.29 is 0 Å². The largest absolute Gasteiger partial charge is 0.309 e. The zero-order valence-corrected chi connectivity index (χ0v) is 12.0. The third-order valence-corrected chi connectivity index (χ3v) is 5.10. The van der Waals surface area contributed by atoms with Crippen molar-refractivity contribution in [2.75, 3.05) is 0 Å². The first-order chi connectivity index (χ1) is 7.76. The van der Waals surface area contributed by atoms with E-state index in [-0.39, 0.29) is 0 Å². The van der Waals surface area contributed by atoms with E-state index in [9.17, 15) is 0 Å². The lowest BCUT2D eigenvalue weighted by Crippen LogP contribution is -2.21. The summed E-state index contributed by atoms with van der Waals surface area (Å²) < 4.78 is 0. The van der Waals surface area contributed by atoms with Gasteiger partial charge in [-0.1, -0.05) is 45.9 Å². The number of nitrogens with one attached hydrogen (secondary N) is 1. The lowest BCUT2D eigenvalue weighted by molar-refractivity contribution is 0.457. The molecule has 2 rings (SSSR count). The second-order valence-corrected chi connectivity index (χ2v) is 6.68. The fourth-order valence-electron chi connectivity index (χ4n) is 2.84. The molecule has 0 bridgehead atoms. The summed E-state index contributed by atoms with van der Waals surface area (Å²) in [6, 6.07) is 7.38. The molecule has 17 heavy (non-hydrogen) atoms. The van der Waals surface area contributed by atoms with Crippen LogP contribution in [-0.4, -0.2) is 6.04 Å². The first kappa shape index (κ1) is 12.6. The normalized spacial score (nSPS) is 21.5. The van der Waals surface area contributed by atoms with Gasteiger partial charge in [-0.15, -0.1) is 0 Å². The van der Waals surface area contributed by atoms with Gasteiger partial charge >= 0.3 is 0 Å². The molecule has 1 nitrogen and oxygen atoms in total. The first-order valence-electron chi connectivity index (χ1n) is 6.56. The summed E-state index contributed by atoms with van der Waals surface area (Å²) in [5.41, 5.74) is 5.01. The summed E-state index contributed by atoms with van der Waals surface area (Å²) in [6.45, 7) is 14.7. The summed E-state index contributed by atoms with van der Waals surface area (Å²) in [4.78, 5) is 0. The maximum Gasteiger partial charge on any atom is 0.0208 e. The lowest BCUT2D eigenvalue weighted by Gasteiger charge is -2.08. The fraction of sp³-hybridized carbons (Fsp3) is 0.625. The van der Waals surface area contributed by atoms with Crippen molar-refractivity contribution in [3.05, 3.63) is 34.9 Å². The van der Waals surface area contributed by atoms with Crippen LogP contribution in [0.1, 0.15) is 44.4 Å². The van der Waals surface area contributed by atoms with Crippen LogP contribution >= 0.6 is 0 Å². The zero-order valence-electron chi connectivity index (χ0n) is 12.0. The van der Waals surface area contributed by atoms with Gasteiger partial charge in [0.05, 0.1) is 0 Å². The summed E-state index contributed by atoms with van der Waals surface area (Å²) in [5.74, 6) is 0. The number of aryl methyl sites for hydroxylation is 2. The molecular weight excluding hydrogens is 206 g/mol. The lowest BCUT2D eigenvalue weighted by atomic mass is 10.0. The van der Waals surface area contributed by atoms with E-state index in [1.807, 2.05) is 0 Å². The van der Waals surface area contributed by atoms with Crippen molar-refractivity contribution >= 4 is 0 Å². The Kier molecular flexibility index (Phi) is 2.86. The van der Waals surface area contributed by atoms with Crippen LogP contribution < -0.4 is 5.32 Å². The summed E-state index contributed by atoms with van der Waals surface area (Å²) in [7, 11) is 0. The summed E-state index contributed by atoms with van der Waals surface area (Å²) in [6.07, 6.45) is 0. The van der Waals surface area contributed by atoms with Gasteiger partial charge in [0.25, 0.3) is 0 Å². The Morgan fingerprint density at radius 1 is 1.00 bits per heavy atom. The van der Waals surface area contributed by atoms with E-state index < -0.39 is 0 Å². The molecule has 0 aliphatic heterocycles. The van der Waals surface area contributed by atoms with Gasteiger partial charge in [-0.2, -0.15) is 0 Å².